The van der Waals surface area contributed by atoms with Gasteiger partial charge in [-0.15, -0.1) is 5.10 Å². The maximum absolute atomic E-state index is 12.3. The van der Waals surface area contributed by atoms with E-state index in [-0.39, 0.29) is 16.8 Å². The molecule has 3 aromatic rings. The minimum atomic E-state index is -3.86. The number of carbonyl (C=O) groups is 1. The molecule has 8 nitrogen and oxygen atoms in total. The summed E-state index contributed by atoms with van der Waals surface area (Å²) in [7, 11) is -2.39. The van der Waals surface area contributed by atoms with Gasteiger partial charge in [0.1, 0.15) is 11.5 Å². The van der Waals surface area contributed by atoms with Crippen LogP contribution in [0.4, 0.5) is 6.01 Å². The summed E-state index contributed by atoms with van der Waals surface area (Å²) >= 11 is 12.0. The lowest BCUT2D eigenvalue weighted by Gasteiger charge is -2.05. The fourth-order valence-corrected chi connectivity index (χ4v) is 3.74. The number of ether oxygens (including phenoxy) is 1. The average molecular weight is 442 g/mol. The minimum Gasteiger partial charge on any atom is -0.497 e. The van der Waals surface area contributed by atoms with Crippen LogP contribution in [0.25, 0.3) is 11.5 Å². The minimum absolute atomic E-state index is 0.0135. The van der Waals surface area contributed by atoms with E-state index in [0.29, 0.717) is 21.4 Å². The second-order valence-electron chi connectivity index (χ2n) is 5.52. The second-order valence-corrected chi connectivity index (χ2v) is 8.35. The molecule has 1 heterocycles. The lowest BCUT2D eigenvalue weighted by molar-refractivity contribution is -0.114. The number of sulfone groups is 1. The van der Waals surface area contributed by atoms with Gasteiger partial charge < -0.3 is 9.15 Å². The number of hydrogen-bond donors (Lipinski definition) is 1. The molecule has 0 fully saturated rings. The largest absolute Gasteiger partial charge is 0.497 e. The molecule has 11 heteroatoms. The molecule has 3 rings (SSSR count). The summed E-state index contributed by atoms with van der Waals surface area (Å²) in [6.45, 7) is 0. The van der Waals surface area contributed by atoms with Crippen molar-refractivity contribution in [3.63, 3.8) is 0 Å². The van der Waals surface area contributed by atoms with Crippen LogP contribution in [0, 0.1) is 0 Å². The van der Waals surface area contributed by atoms with Crippen LogP contribution in [0.15, 0.2) is 51.8 Å². The highest BCUT2D eigenvalue weighted by molar-refractivity contribution is 7.92. The molecule has 0 unspecified atom stereocenters. The third-order valence-electron chi connectivity index (χ3n) is 3.57. The Balaban J connectivity index is 1.71. The van der Waals surface area contributed by atoms with Crippen molar-refractivity contribution in [1.29, 1.82) is 0 Å². The highest BCUT2D eigenvalue weighted by Crippen LogP contribution is 2.30. The van der Waals surface area contributed by atoms with Crippen molar-refractivity contribution in [3.8, 4) is 17.2 Å². The number of amides is 1. The van der Waals surface area contributed by atoms with Gasteiger partial charge in [0.25, 0.3) is 5.89 Å². The quantitative estimate of drug-likeness (QED) is 0.622. The molecule has 0 saturated heterocycles. The summed E-state index contributed by atoms with van der Waals surface area (Å²) < 4.78 is 35.0. The summed E-state index contributed by atoms with van der Waals surface area (Å²) in [6.07, 6.45) is 0. The summed E-state index contributed by atoms with van der Waals surface area (Å²) in [6, 6.07) is 10.1. The van der Waals surface area contributed by atoms with Gasteiger partial charge >= 0.3 is 6.01 Å². The van der Waals surface area contributed by atoms with E-state index in [9.17, 15) is 13.2 Å². The van der Waals surface area contributed by atoms with Crippen molar-refractivity contribution in [2.45, 2.75) is 4.90 Å². The van der Waals surface area contributed by atoms with E-state index in [1.165, 1.54) is 37.4 Å². The third-order valence-corrected chi connectivity index (χ3v) is 5.77. The molecule has 0 radical (unpaired) electrons. The van der Waals surface area contributed by atoms with Gasteiger partial charge in [-0.25, -0.2) is 8.42 Å². The van der Waals surface area contributed by atoms with E-state index in [2.05, 4.69) is 15.5 Å². The van der Waals surface area contributed by atoms with Crippen LogP contribution in [0.5, 0.6) is 5.75 Å². The van der Waals surface area contributed by atoms with Crippen LogP contribution in [-0.4, -0.2) is 37.4 Å². The first-order valence-corrected chi connectivity index (χ1v) is 10.1. The predicted molar refractivity (Wildman–Crippen MR) is 103 cm³/mol. The van der Waals surface area contributed by atoms with Crippen LogP contribution >= 0.6 is 23.2 Å². The molecule has 0 spiro atoms. The third kappa shape index (κ3) is 4.61. The maximum atomic E-state index is 12.3. The standard InChI is InChI=1S/C17H13Cl2N3O5S/c1-26-11-3-5-12(6-4-11)28(24,25)9-15(23)20-17-22-21-16(27-17)13-8-10(18)2-7-14(13)19/h2-8H,9H2,1H3,(H,20,22,23). The number of nitrogens with zero attached hydrogens (tertiary/aromatic N) is 2. The van der Waals surface area contributed by atoms with Gasteiger partial charge in [-0.2, -0.15) is 0 Å². The molecule has 1 N–H and O–H groups in total. The fourth-order valence-electron chi connectivity index (χ4n) is 2.24. The molecule has 0 bridgehead atoms. The second kappa shape index (κ2) is 8.17. The molecule has 28 heavy (non-hydrogen) atoms. The lowest BCUT2D eigenvalue weighted by Crippen LogP contribution is -2.23. The van der Waals surface area contributed by atoms with Gasteiger partial charge in [-0.1, -0.05) is 28.3 Å². The van der Waals surface area contributed by atoms with Crippen LogP contribution in [0.2, 0.25) is 10.0 Å². The molecule has 0 atom stereocenters. The summed E-state index contributed by atoms with van der Waals surface area (Å²) in [4.78, 5) is 12.1. The molecule has 2 aromatic carbocycles. The van der Waals surface area contributed by atoms with Crippen molar-refractivity contribution in [1.82, 2.24) is 10.2 Å². The molecule has 0 aliphatic carbocycles. The lowest BCUT2D eigenvalue weighted by atomic mass is 10.2. The van der Waals surface area contributed by atoms with Gasteiger partial charge in [0.2, 0.25) is 5.91 Å². The number of nitrogens with one attached hydrogen (secondary N) is 1. The van der Waals surface area contributed by atoms with Crippen molar-refractivity contribution in [2.24, 2.45) is 0 Å². The summed E-state index contributed by atoms with van der Waals surface area (Å²) in [5.74, 6) is -1.10. The van der Waals surface area contributed by atoms with Crippen molar-refractivity contribution >= 4 is 45.0 Å². The Kier molecular flexibility index (Phi) is 5.87. The number of hydrogen-bond acceptors (Lipinski definition) is 7. The molecular weight excluding hydrogens is 429 g/mol. The van der Waals surface area contributed by atoms with E-state index in [1.54, 1.807) is 12.1 Å². The number of carbonyl (C=O) groups excluding carboxylic acids is 1. The van der Waals surface area contributed by atoms with Gasteiger partial charge in [0.05, 0.1) is 22.6 Å². The zero-order chi connectivity index (χ0) is 20.3. The number of methoxy groups -OCH3 is 1. The maximum Gasteiger partial charge on any atom is 0.322 e. The number of aromatic nitrogens is 2. The van der Waals surface area contributed by atoms with Crippen molar-refractivity contribution < 1.29 is 22.4 Å². The molecule has 0 aliphatic heterocycles. The van der Waals surface area contributed by atoms with Gasteiger partial charge in [-0.3, -0.25) is 10.1 Å². The molecule has 146 valence electrons. The highest BCUT2D eigenvalue weighted by atomic mass is 35.5. The van der Waals surface area contributed by atoms with E-state index in [1.807, 2.05) is 0 Å². The average Bonchev–Trinajstić information content (AvgIpc) is 3.11. The van der Waals surface area contributed by atoms with Crippen LogP contribution in [0.3, 0.4) is 0 Å². The number of halogens is 2. The highest BCUT2D eigenvalue weighted by Gasteiger charge is 2.21. The first-order chi connectivity index (χ1) is 13.3. The zero-order valence-corrected chi connectivity index (χ0v) is 16.7. The van der Waals surface area contributed by atoms with Gasteiger partial charge in [-0.05, 0) is 42.5 Å². The van der Waals surface area contributed by atoms with E-state index in [0.717, 1.165) is 0 Å². The van der Waals surface area contributed by atoms with Crippen molar-refractivity contribution in [2.75, 3.05) is 18.2 Å². The fraction of sp³-hybridized carbons (Fsp3) is 0.118. The van der Waals surface area contributed by atoms with Gasteiger partial charge in [0, 0.05) is 5.02 Å². The summed E-state index contributed by atoms with van der Waals surface area (Å²) in [5.41, 5.74) is 0.382. The first-order valence-electron chi connectivity index (χ1n) is 7.74. The van der Waals surface area contributed by atoms with Crippen LogP contribution < -0.4 is 10.1 Å². The van der Waals surface area contributed by atoms with Crippen molar-refractivity contribution in [3.05, 3.63) is 52.5 Å². The predicted octanol–water partition coefficient (Wildman–Crippen LogP) is 3.46. The molecule has 0 aliphatic rings. The Labute approximate surface area is 170 Å². The van der Waals surface area contributed by atoms with Crippen LogP contribution in [0.1, 0.15) is 0 Å². The number of benzene rings is 2. The Bertz CT molecular complexity index is 1110. The number of anilines is 1. The Morgan fingerprint density at radius 1 is 1.14 bits per heavy atom. The van der Waals surface area contributed by atoms with Gasteiger partial charge in [0.15, 0.2) is 9.84 Å². The molecule has 1 aromatic heterocycles. The SMILES string of the molecule is COc1ccc(S(=O)(=O)CC(=O)Nc2nnc(-c3cc(Cl)ccc3Cl)o2)cc1. The topological polar surface area (TPSA) is 111 Å². The van der Waals surface area contributed by atoms with E-state index >= 15 is 0 Å². The van der Waals surface area contributed by atoms with Crippen LogP contribution in [-0.2, 0) is 14.6 Å². The Morgan fingerprint density at radius 3 is 2.54 bits per heavy atom. The first kappa shape index (κ1) is 20.1. The Morgan fingerprint density at radius 2 is 1.86 bits per heavy atom. The summed E-state index contributed by atoms with van der Waals surface area (Å²) in [5, 5.41) is 10.4. The zero-order valence-electron chi connectivity index (χ0n) is 14.3. The monoisotopic (exact) mass is 441 g/mol. The van der Waals surface area contributed by atoms with E-state index in [4.69, 9.17) is 32.4 Å². The number of rotatable bonds is 6. The normalized spacial score (nSPS) is 11.2. The molecule has 0 saturated carbocycles. The molecular formula is C17H13Cl2N3O5S. The molecule has 1 amide bonds. The Hall–Kier alpha value is -2.62. The van der Waals surface area contributed by atoms with E-state index < -0.39 is 21.5 Å². The smallest absolute Gasteiger partial charge is 0.322 e.